The summed E-state index contributed by atoms with van der Waals surface area (Å²) in [5.74, 6) is 0.451. The van der Waals surface area contributed by atoms with Crippen LogP contribution in [-0.2, 0) is 47.4 Å². The van der Waals surface area contributed by atoms with Gasteiger partial charge in [0.2, 0.25) is 0 Å². The van der Waals surface area contributed by atoms with Crippen molar-refractivity contribution < 1.29 is 109 Å². The number of fused-ring (bicyclic) bond motifs is 7. The standard InChI is InChI=1S/C51H82O22/c1-20-9-14-50(64-19-20)23(4)51(63)31(73-50)16-28-26-8-7-24-15-25(10-12-48(24,5)27(26)11-13-49(28,51)6)67-47-43(72-44-38(60)35(57)32(54)21(2)65-44)40(62)41(30(18-53)69-47)70-46-42(37(59)33(55)22(3)66-46)71-45-39(61)36(58)34(56)29(17-52)68-45/h7,20-23,25-47,52-63H,8-19H2,1-6H3/t20-,21+,22+,23-,25+,26-,27+,28+,29-,30-,31+,32+,33+,34+,35-,36+,37-,38-,39-,40+,41+,42-,43-,44+,45+,46+,47-,48+,49+,50-,51-/m1/s1. The Morgan fingerprint density at radius 2 is 1.18 bits per heavy atom. The lowest BCUT2D eigenvalue weighted by molar-refractivity contribution is -0.400. The normalized spacial score (nSPS) is 58.2. The van der Waals surface area contributed by atoms with Gasteiger partial charge in [-0.05, 0) is 94.3 Å². The van der Waals surface area contributed by atoms with Crippen LogP contribution in [0.3, 0.4) is 0 Å². The van der Waals surface area contributed by atoms with Crippen molar-refractivity contribution in [3.8, 4) is 0 Å². The molecule has 73 heavy (non-hydrogen) atoms. The first-order valence-corrected chi connectivity index (χ1v) is 26.8. The molecule has 31 atom stereocenters. The van der Waals surface area contributed by atoms with Crippen LogP contribution in [0.2, 0.25) is 0 Å². The summed E-state index contributed by atoms with van der Waals surface area (Å²) in [7, 11) is 0. The van der Waals surface area contributed by atoms with Crippen molar-refractivity contribution in [1.29, 1.82) is 0 Å². The number of ether oxygens (including phenoxy) is 10. The Labute approximate surface area is 425 Å². The third-order valence-corrected chi connectivity index (χ3v) is 20.0. The van der Waals surface area contributed by atoms with Crippen molar-refractivity contribution in [3.05, 3.63) is 11.6 Å². The first kappa shape index (κ1) is 55.2. The van der Waals surface area contributed by atoms with Crippen molar-refractivity contribution in [3.63, 3.8) is 0 Å². The van der Waals surface area contributed by atoms with Crippen LogP contribution in [0.1, 0.15) is 99.3 Å². The molecule has 22 heteroatoms. The van der Waals surface area contributed by atoms with Crippen LogP contribution in [0.15, 0.2) is 11.6 Å². The van der Waals surface area contributed by atoms with Crippen LogP contribution in [0, 0.1) is 40.4 Å². The molecule has 9 fully saturated rings. The molecule has 12 N–H and O–H groups in total. The topological polar surface area (TPSA) is 335 Å². The van der Waals surface area contributed by atoms with E-state index in [-0.39, 0.29) is 28.8 Å². The van der Waals surface area contributed by atoms with E-state index >= 15 is 0 Å². The SMILES string of the molecule is C[C@@H]1CC[C@@]2(OC1)O[C@H]1C[C@H]3[C@@H]4CC=C5C[C@@H](O[C@@H]6O[C@H](CO)[C@H](O[C@@H]7O[C@@H](C)[C@H](O)[C@@H](O)[C@H]7O[C@@H]7O[C@H](CO)[C@H](O)[C@H](O)[C@H]7O)[C@H](O)[C@H]6O[C@@H]6O[C@@H](C)[C@H](O)[C@@H](O)[C@H]6O)CC[C@]5(C)[C@H]4CC[C@]3(C)[C@@]1(O)[C@@H]2C. The minimum absolute atomic E-state index is 0.169. The van der Waals surface area contributed by atoms with Gasteiger partial charge in [-0.15, -0.1) is 0 Å². The second-order valence-corrected chi connectivity index (χ2v) is 24.0. The fraction of sp³-hybridized carbons (Fsp3) is 0.961. The molecular formula is C51H82O22. The summed E-state index contributed by atoms with van der Waals surface area (Å²) in [6.07, 6.45) is -23.7. The molecule has 0 unspecified atom stereocenters. The fourth-order valence-corrected chi connectivity index (χ4v) is 15.4. The van der Waals surface area contributed by atoms with Gasteiger partial charge in [0.1, 0.15) is 91.1 Å². The number of hydrogen-bond acceptors (Lipinski definition) is 22. The Kier molecular flexibility index (Phi) is 15.5. The van der Waals surface area contributed by atoms with Crippen molar-refractivity contribution in [2.24, 2.45) is 40.4 Å². The minimum atomic E-state index is -1.92. The third kappa shape index (κ3) is 8.94. The summed E-state index contributed by atoms with van der Waals surface area (Å²) in [6, 6.07) is 0. The average molecular weight is 1050 g/mol. The Bertz CT molecular complexity index is 1960. The highest BCUT2D eigenvalue weighted by molar-refractivity contribution is 5.29. The van der Waals surface area contributed by atoms with E-state index in [0.29, 0.717) is 37.2 Å². The molecule has 418 valence electrons. The molecule has 0 radical (unpaired) electrons. The Hall–Kier alpha value is -1.14. The van der Waals surface area contributed by atoms with E-state index in [1.807, 2.05) is 0 Å². The fourth-order valence-electron chi connectivity index (χ4n) is 15.4. The smallest absolute Gasteiger partial charge is 0.187 e. The van der Waals surface area contributed by atoms with Crippen LogP contribution in [0.4, 0.5) is 0 Å². The lowest BCUT2D eigenvalue weighted by Gasteiger charge is -2.60. The second kappa shape index (κ2) is 20.5. The maximum atomic E-state index is 12.9. The lowest BCUT2D eigenvalue weighted by atomic mass is 9.46. The molecule has 6 aliphatic heterocycles. The summed E-state index contributed by atoms with van der Waals surface area (Å²) >= 11 is 0. The number of allylic oxidation sites excluding steroid dienone is 1. The number of aliphatic hydroxyl groups is 12. The molecule has 1 spiro atoms. The Balaban J connectivity index is 0.873. The molecule has 10 aliphatic rings. The first-order chi connectivity index (χ1) is 34.5. The maximum Gasteiger partial charge on any atom is 0.187 e. The highest BCUT2D eigenvalue weighted by Crippen LogP contribution is 2.72. The molecule has 22 nitrogen and oxygen atoms in total. The summed E-state index contributed by atoms with van der Waals surface area (Å²) in [6.45, 7) is 10.9. The van der Waals surface area contributed by atoms with Gasteiger partial charge < -0.3 is 109 Å². The second-order valence-electron chi connectivity index (χ2n) is 24.0. The zero-order valence-electron chi connectivity index (χ0n) is 42.6. The molecule has 6 heterocycles. The predicted octanol–water partition coefficient (Wildman–Crippen LogP) is -1.82. The van der Waals surface area contributed by atoms with Crippen LogP contribution < -0.4 is 0 Å². The number of rotatable bonds is 10. The van der Waals surface area contributed by atoms with Gasteiger partial charge in [-0.3, -0.25) is 0 Å². The monoisotopic (exact) mass is 1050 g/mol. The molecule has 0 aromatic carbocycles. The summed E-state index contributed by atoms with van der Waals surface area (Å²) in [4.78, 5) is 0. The van der Waals surface area contributed by atoms with Crippen molar-refractivity contribution in [1.82, 2.24) is 0 Å². The number of aliphatic hydroxyl groups excluding tert-OH is 11. The quantitative estimate of drug-likeness (QED) is 0.107. The van der Waals surface area contributed by atoms with Gasteiger partial charge in [0.25, 0.3) is 0 Å². The Morgan fingerprint density at radius 1 is 0.589 bits per heavy atom. The molecule has 0 amide bonds. The van der Waals surface area contributed by atoms with Gasteiger partial charge in [0.05, 0.1) is 44.2 Å². The van der Waals surface area contributed by atoms with E-state index in [2.05, 4.69) is 33.8 Å². The summed E-state index contributed by atoms with van der Waals surface area (Å²) in [5, 5.41) is 132. The summed E-state index contributed by atoms with van der Waals surface area (Å²) < 4.78 is 62.2. The summed E-state index contributed by atoms with van der Waals surface area (Å²) in [5.41, 5.74) is -0.299. The van der Waals surface area contributed by atoms with E-state index in [0.717, 1.165) is 44.9 Å². The van der Waals surface area contributed by atoms with E-state index < -0.39 is 154 Å². The van der Waals surface area contributed by atoms with Crippen molar-refractivity contribution >= 4 is 0 Å². The van der Waals surface area contributed by atoms with E-state index in [4.69, 9.17) is 47.4 Å². The average Bonchev–Trinajstić information content (AvgIpc) is 3.73. The van der Waals surface area contributed by atoms with Gasteiger partial charge in [-0.2, -0.15) is 0 Å². The van der Waals surface area contributed by atoms with Crippen molar-refractivity contribution in [2.45, 2.75) is 246 Å². The maximum absolute atomic E-state index is 12.9. The van der Waals surface area contributed by atoms with Crippen LogP contribution >= 0.6 is 0 Å². The molecule has 0 aromatic rings. The van der Waals surface area contributed by atoms with Crippen LogP contribution in [0.5, 0.6) is 0 Å². The van der Waals surface area contributed by atoms with Crippen LogP contribution in [-0.4, -0.2) is 228 Å². The van der Waals surface area contributed by atoms with Gasteiger partial charge in [0.15, 0.2) is 30.9 Å². The molecule has 3 saturated carbocycles. The number of hydrogen-bond donors (Lipinski definition) is 12. The molecule has 0 bridgehead atoms. The van der Waals surface area contributed by atoms with E-state index in [1.54, 1.807) is 0 Å². The van der Waals surface area contributed by atoms with Gasteiger partial charge >= 0.3 is 0 Å². The molecular weight excluding hydrogens is 965 g/mol. The van der Waals surface area contributed by atoms with E-state index in [1.165, 1.54) is 19.4 Å². The van der Waals surface area contributed by atoms with Gasteiger partial charge in [-0.1, -0.05) is 39.3 Å². The third-order valence-electron chi connectivity index (χ3n) is 20.0. The minimum Gasteiger partial charge on any atom is -0.394 e. The van der Waals surface area contributed by atoms with Gasteiger partial charge in [-0.25, -0.2) is 0 Å². The highest BCUT2D eigenvalue weighted by atomic mass is 16.8. The zero-order valence-corrected chi connectivity index (χ0v) is 42.6. The molecule has 0 aromatic heterocycles. The lowest BCUT2D eigenvalue weighted by Crippen LogP contribution is -2.67. The van der Waals surface area contributed by atoms with Crippen molar-refractivity contribution in [2.75, 3.05) is 19.8 Å². The molecule has 4 aliphatic carbocycles. The molecule has 6 saturated heterocycles. The molecule has 10 rings (SSSR count). The van der Waals surface area contributed by atoms with E-state index in [9.17, 15) is 61.3 Å². The van der Waals surface area contributed by atoms with Crippen LogP contribution in [0.25, 0.3) is 0 Å². The van der Waals surface area contributed by atoms with Gasteiger partial charge in [0, 0.05) is 17.8 Å². The zero-order chi connectivity index (χ0) is 52.4. The Morgan fingerprint density at radius 3 is 1.84 bits per heavy atom. The highest BCUT2D eigenvalue weighted by Gasteiger charge is 2.76. The predicted molar refractivity (Wildman–Crippen MR) is 247 cm³/mol. The largest absolute Gasteiger partial charge is 0.394 e. The first-order valence-electron chi connectivity index (χ1n) is 26.8.